The van der Waals surface area contributed by atoms with Crippen molar-refractivity contribution >= 4 is 0 Å². The van der Waals surface area contributed by atoms with Gasteiger partial charge in [0.1, 0.15) is 0 Å². The first kappa shape index (κ1) is 21.8. The molecular formula is C20H40N4Zn. The van der Waals surface area contributed by atoms with Gasteiger partial charge in [0.2, 0.25) is 0 Å². The van der Waals surface area contributed by atoms with E-state index in [0.717, 1.165) is 52.4 Å². The quantitative estimate of drug-likeness (QED) is 0.469. The Kier molecular flexibility index (Phi) is 11.1. The molecule has 4 bridgehead atoms. The zero-order valence-corrected chi connectivity index (χ0v) is 19.3. The van der Waals surface area contributed by atoms with Gasteiger partial charge < -0.3 is 21.3 Å². The molecule has 0 aromatic heterocycles. The van der Waals surface area contributed by atoms with Crippen LogP contribution in [0.2, 0.25) is 0 Å². The van der Waals surface area contributed by atoms with Crippen molar-refractivity contribution in [3.8, 4) is 0 Å². The first-order valence-electron chi connectivity index (χ1n) is 10.7. The Morgan fingerprint density at radius 2 is 0.600 bits per heavy atom. The van der Waals surface area contributed by atoms with Crippen LogP contribution in [-0.2, 0) is 19.5 Å². The van der Waals surface area contributed by atoms with Gasteiger partial charge in [-0.15, -0.1) is 0 Å². The van der Waals surface area contributed by atoms with Crippen molar-refractivity contribution in [2.75, 3.05) is 52.4 Å². The molecule has 1 aliphatic heterocycles. The van der Waals surface area contributed by atoms with Crippen molar-refractivity contribution in [3.63, 3.8) is 0 Å². The molecule has 0 aromatic rings. The van der Waals surface area contributed by atoms with E-state index in [1.165, 1.54) is 36.5 Å². The van der Waals surface area contributed by atoms with E-state index in [-0.39, 0.29) is 19.5 Å². The molecule has 4 nitrogen and oxygen atoms in total. The third-order valence-electron chi connectivity index (χ3n) is 6.37. The van der Waals surface area contributed by atoms with Crippen molar-refractivity contribution < 1.29 is 19.5 Å². The van der Waals surface area contributed by atoms with E-state index in [2.05, 4.69) is 21.3 Å². The van der Waals surface area contributed by atoms with Gasteiger partial charge in [-0.1, -0.05) is 0 Å². The fraction of sp³-hybridized carbons (Fsp3) is 1.00. The molecule has 0 spiro atoms. The average Bonchev–Trinajstić information content (AvgIpc) is 2.56. The van der Waals surface area contributed by atoms with Crippen LogP contribution in [-0.4, -0.2) is 52.4 Å². The maximum absolute atomic E-state index is 3.42. The first-order valence-corrected chi connectivity index (χ1v) is 10.7. The Labute approximate surface area is 168 Å². The summed E-state index contributed by atoms with van der Waals surface area (Å²) in [6.45, 7) is 8.87. The summed E-state index contributed by atoms with van der Waals surface area (Å²) in [5.41, 5.74) is 0. The Hall–Kier alpha value is 0.463. The number of hydrogen-bond acceptors (Lipinski definition) is 4. The van der Waals surface area contributed by atoms with Crippen LogP contribution >= 0.6 is 0 Å². The third-order valence-corrected chi connectivity index (χ3v) is 6.37. The van der Waals surface area contributed by atoms with E-state index in [1.807, 2.05) is 0 Å². The molecular weight excluding hydrogens is 362 g/mol. The van der Waals surface area contributed by atoms with Gasteiger partial charge in [-0.05, 0) is 101 Å². The second kappa shape index (κ2) is 12.8. The molecule has 0 unspecified atom stereocenters. The summed E-state index contributed by atoms with van der Waals surface area (Å²) in [6.07, 6.45) is 12.1. The maximum atomic E-state index is 3.42. The largest absolute Gasteiger partial charge is 0.315 e. The van der Waals surface area contributed by atoms with Crippen LogP contribution in [0.4, 0.5) is 0 Å². The minimum absolute atomic E-state index is 0. The van der Waals surface area contributed by atoms with Gasteiger partial charge >= 0.3 is 0 Å². The Morgan fingerprint density at radius 3 is 0.840 bits per heavy atom. The molecule has 25 heavy (non-hydrogen) atoms. The van der Waals surface area contributed by atoms with Crippen LogP contribution in [0.25, 0.3) is 0 Å². The van der Waals surface area contributed by atoms with E-state index in [9.17, 15) is 0 Å². The molecule has 1 saturated heterocycles. The average molecular weight is 402 g/mol. The van der Waals surface area contributed by atoms with Crippen LogP contribution in [0.15, 0.2) is 0 Å². The summed E-state index contributed by atoms with van der Waals surface area (Å²) < 4.78 is 0. The topological polar surface area (TPSA) is 48.1 Å². The zero-order valence-electron chi connectivity index (χ0n) is 16.3. The molecule has 4 aliphatic carbocycles. The normalized spacial score (nSPS) is 36.5. The van der Waals surface area contributed by atoms with Gasteiger partial charge in [0.05, 0.1) is 0 Å². The van der Waals surface area contributed by atoms with Crippen LogP contribution in [0.1, 0.15) is 51.4 Å². The van der Waals surface area contributed by atoms with Crippen molar-refractivity contribution in [3.05, 3.63) is 0 Å². The Bertz CT molecular complexity index is 230. The van der Waals surface area contributed by atoms with Gasteiger partial charge in [-0.25, -0.2) is 0 Å². The van der Waals surface area contributed by atoms with E-state index in [4.69, 9.17) is 0 Å². The van der Waals surface area contributed by atoms with E-state index in [1.54, 1.807) is 38.5 Å². The number of nitrogens with one attached hydrogen (secondary N) is 4. The van der Waals surface area contributed by atoms with E-state index < -0.39 is 0 Å². The van der Waals surface area contributed by atoms with Crippen molar-refractivity contribution in [1.29, 1.82) is 0 Å². The second-order valence-corrected chi connectivity index (χ2v) is 8.59. The molecule has 1 heterocycles. The SMILES string of the molecule is C1C2CC3CC1CC(C2)C3.C1CNCCNCCCNCCNC1.[Zn]. The molecule has 5 aliphatic rings. The van der Waals surface area contributed by atoms with E-state index in [0.29, 0.717) is 0 Å². The second-order valence-electron chi connectivity index (χ2n) is 8.59. The minimum Gasteiger partial charge on any atom is -0.315 e. The Balaban J connectivity index is 0.000000180. The van der Waals surface area contributed by atoms with Crippen LogP contribution in [0, 0.1) is 23.7 Å². The smallest absolute Gasteiger partial charge is 0.00767 e. The summed E-state index contributed by atoms with van der Waals surface area (Å²) >= 11 is 0. The monoisotopic (exact) mass is 400 g/mol. The van der Waals surface area contributed by atoms with E-state index >= 15 is 0 Å². The van der Waals surface area contributed by atoms with Gasteiger partial charge in [0.15, 0.2) is 0 Å². The molecule has 5 fully saturated rings. The van der Waals surface area contributed by atoms with Crippen molar-refractivity contribution in [1.82, 2.24) is 21.3 Å². The molecule has 5 rings (SSSR count). The third kappa shape index (κ3) is 8.34. The van der Waals surface area contributed by atoms with Crippen molar-refractivity contribution in [2.45, 2.75) is 51.4 Å². The van der Waals surface area contributed by atoms with Crippen LogP contribution < -0.4 is 21.3 Å². The summed E-state index contributed by atoms with van der Waals surface area (Å²) in [5.74, 6) is 4.71. The molecule has 4 saturated carbocycles. The molecule has 142 valence electrons. The molecule has 0 radical (unpaired) electrons. The molecule has 5 heteroatoms. The standard InChI is InChI=1S/C10H24N4.C10H16.Zn/c1-3-11-7-9-13-5-2-6-14-10-8-12-4-1;1-7-2-9-4-8(1)5-10(3-7)6-9;/h11-14H,1-10H2;7-10H,1-6H2;. The summed E-state index contributed by atoms with van der Waals surface area (Å²) in [4.78, 5) is 0. The van der Waals surface area contributed by atoms with Gasteiger partial charge in [0.25, 0.3) is 0 Å². The number of rotatable bonds is 0. The van der Waals surface area contributed by atoms with Gasteiger partial charge in [0, 0.05) is 45.7 Å². The predicted molar refractivity (Wildman–Crippen MR) is 102 cm³/mol. The zero-order chi connectivity index (χ0) is 16.5. The minimum atomic E-state index is 0. The Morgan fingerprint density at radius 1 is 0.360 bits per heavy atom. The molecule has 0 atom stereocenters. The molecule has 0 amide bonds. The fourth-order valence-corrected chi connectivity index (χ4v) is 5.51. The predicted octanol–water partition coefficient (Wildman–Crippen LogP) is 1.97. The molecule has 0 aromatic carbocycles. The first-order chi connectivity index (χ1) is 11.9. The fourth-order valence-electron chi connectivity index (χ4n) is 5.51. The van der Waals surface area contributed by atoms with Crippen molar-refractivity contribution in [2.24, 2.45) is 23.7 Å². The van der Waals surface area contributed by atoms with Crippen LogP contribution in [0.5, 0.6) is 0 Å². The van der Waals surface area contributed by atoms with Crippen LogP contribution in [0.3, 0.4) is 0 Å². The molecule has 4 N–H and O–H groups in total. The summed E-state index contributed by atoms with van der Waals surface area (Å²) in [7, 11) is 0. The van der Waals surface area contributed by atoms with Gasteiger partial charge in [-0.2, -0.15) is 0 Å². The van der Waals surface area contributed by atoms with Gasteiger partial charge in [-0.3, -0.25) is 0 Å². The summed E-state index contributed by atoms with van der Waals surface area (Å²) in [5, 5.41) is 13.7. The number of hydrogen-bond donors (Lipinski definition) is 4. The maximum Gasteiger partial charge on any atom is 0.00767 e. The summed E-state index contributed by atoms with van der Waals surface area (Å²) in [6, 6.07) is 0.